The molecule has 0 radical (unpaired) electrons. The maximum Gasteiger partial charge on any atom is 0.361 e. The summed E-state index contributed by atoms with van der Waals surface area (Å²) in [7, 11) is 0. The number of esters is 1. The highest BCUT2D eigenvalue weighted by Crippen LogP contribution is 2.11. The van der Waals surface area contributed by atoms with Crippen molar-refractivity contribution in [2.75, 3.05) is 18.9 Å². The second-order valence-corrected chi connectivity index (χ2v) is 3.66. The number of nitrogens with zero attached hydrogens (tertiary/aromatic N) is 2. The van der Waals surface area contributed by atoms with Crippen molar-refractivity contribution >= 4 is 11.7 Å². The molecule has 1 aromatic rings. The van der Waals surface area contributed by atoms with E-state index >= 15 is 0 Å². The molecule has 0 spiro atoms. The average molecular weight is 241 g/mol. The Balaban J connectivity index is 2.59. The number of hydrogen-bond donors (Lipinski definition) is 1. The Morgan fingerprint density at radius 1 is 1.59 bits per heavy atom. The number of hydrogen-bond acceptors (Lipinski definition) is 5. The Bertz CT molecular complexity index is 376. The van der Waals surface area contributed by atoms with Crippen LogP contribution in [0.15, 0.2) is 6.20 Å². The van der Waals surface area contributed by atoms with Crippen LogP contribution in [0.5, 0.6) is 0 Å². The summed E-state index contributed by atoms with van der Waals surface area (Å²) in [4.78, 5) is 11.7. The number of anilines is 1. The minimum atomic E-state index is -0.512. The molecule has 1 atom stereocenters. The first-order valence-electron chi connectivity index (χ1n) is 5.70. The molecule has 6 nitrogen and oxygen atoms in total. The number of nitrogen functional groups attached to an aromatic ring is 1. The van der Waals surface area contributed by atoms with Gasteiger partial charge in [-0.2, -0.15) is 5.10 Å². The SMILES string of the molecule is CCOCC(C)OC(=O)c1nn(CC)cc1N. The molecule has 1 aromatic heterocycles. The van der Waals surface area contributed by atoms with Crippen LogP contribution < -0.4 is 5.73 Å². The van der Waals surface area contributed by atoms with Crippen LogP contribution in [0.25, 0.3) is 0 Å². The molecular formula is C11H19N3O3. The zero-order valence-electron chi connectivity index (χ0n) is 10.5. The van der Waals surface area contributed by atoms with Gasteiger partial charge < -0.3 is 15.2 Å². The van der Waals surface area contributed by atoms with Gasteiger partial charge in [-0.25, -0.2) is 4.79 Å². The van der Waals surface area contributed by atoms with Gasteiger partial charge in [-0.05, 0) is 20.8 Å². The van der Waals surface area contributed by atoms with E-state index in [4.69, 9.17) is 15.2 Å². The molecule has 0 fully saturated rings. The number of nitrogens with two attached hydrogens (primary N) is 1. The van der Waals surface area contributed by atoms with E-state index in [1.807, 2.05) is 13.8 Å². The molecule has 0 bridgehead atoms. The van der Waals surface area contributed by atoms with Gasteiger partial charge in [0.05, 0.1) is 12.3 Å². The Kier molecular flexibility index (Phi) is 4.96. The number of aromatic nitrogens is 2. The van der Waals surface area contributed by atoms with Crippen LogP contribution in [0.2, 0.25) is 0 Å². The van der Waals surface area contributed by atoms with Crippen LogP contribution >= 0.6 is 0 Å². The van der Waals surface area contributed by atoms with Crippen molar-refractivity contribution in [3.05, 3.63) is 11.9 Å². The summed E-state index contributed by atoms with van der Waals surface area (Å²) in [5.41, 5.74) is 6.17. The Hall–Kier alpha value is -1.56. The second-order valence-electron chi connectivity index (χ2n) is 3.66. The lowest BCUT2D eigenvalue weighted by Gasteiger charge is -2.11. The quantitative estimate of drug-likeness (QED) is 0.753. The zero-order valence-corrected chi connectivity index (χ0v) is 10.5. The monoisotopic (exact) mass is 241 g/mol. The third-order valence-electron chi connectivity index (χ3n) is 2.17. The second kappa shape index (κ2) is 6.24. The van der Waals surface area contributed by atoms with Gasteiger partial charge in [0, 0.05) is 19.3 Å². The molecule has 96 valence electrons. The molecule has 0 amide bonds. The van der Waals surface area contributed by atoms with Gasteiger partial charge in [0.2, 0.25) is 0 Å². The molecule has 1 rings (SSSR count). The molecule has 0 saturated carbocycles. The summed E-state index contributed by atoms with van der Waals surface area (Å²) in [6.45, 7) is 7.19. The lowest BCUT2D eigenvalue weighted by molar-refractivity contribution is 0.00390. The van der Waals surface area contributed by atoms with E-state index in [0.717, 1.165) is 0 Å². The molecule has 0 aliphatic heterocycles. The van der Waals surface area contributed by atoms with E-state index in [9.17, 15) is 4.79 Å². The van der Waals surface area contributed by atoms with Crippen LogP contribution in [0.4, 0.5) is 5.69 Å². The zero-order chi connectivity index (χ0) is 12.8. The summed E-state index contributed by atoms with van der Waals surface area (Å²) < 4.78 is 11.9. The number of carbonyl (C=O) groups excluding carboxylic acids is 1. The lowest BCUT2D eigenvalue weighted by atomic mass is 10.3. The number of aryl methyl sites for hydroxylation is 1. The highest BCUT2D eigenvalue weighted by atomic mass is 16.6. The third-order valence-corrected chi connectivity index (χ3v) is 2.17. The molecule has 0 saturated heterocycles. The fraction of sp³-hybridized carbons (Fsp3) is 0.636. The van der Waals surface area contributed by atoms with Crippen LogP contribution in [-0.2, 0) is 16.0 Å². The topological polar surface area (TPSA) is 79.4 Å². The predicted molar refractivity (Wildman–Crippen MR) is 63.7 cm³/mol. The van der Waals surface area contributed by atoms with Crippen molar-refractivity contribution in [3.63, 3.8) is 0 Å². The highest BCUT2D eigenvalue weighted by molar-refractivity contribution is 5.92. The molecule has 17 heavy (non-hydrogen) atoms. The molecule has 0 aliphatic carbocycles. The Morgan fingerprint density at radius 2 is 2.29 bits per heavy atom. The van der Waals surface area contributed by atoms with Crippen molar-refractivity contribution in [1.29, 1.82) is 0 Å². The molecule has 2 N–H and O–H groups in total. The molecule has 6 heteroatoms. The largest absolute Gasteiger partial charge is 0.455 e. The maximum atomic E-state index is 11.7. The smallest absolute Gasteiger partial charge is 0.361 e. The molecule has 0 aromatic carbocycles. The van der Waals surface area contributed by atoms with Crippen LogP contribution in [0, 0.1) is 0 Å². The van der Waals surface area contributed by atoms with Crippen molar-refractivity contribution < 1.29 is 14.3 Å². The van der Waals surface area contributed by atoms with Crippen LogP contribution in [0.3, 0.4) is 0 Å². The van der Waals surface area contributed by atoms with Gasteiger partial charge in [-0.15, -0.1) is 0 Å². The van der Waals surface area contributed by atoms with Gasteiger partial charge in [0.15, 0.2) is 5.69 Å². The van der Waals surface area contributed by atoms with E-state index in [1.54, 1.807) is 17.8 Å². The predicted octanol–water partition coefficient (Wildman–Crippen LogP) is 1.07. The summed E-state index contributed by atoms with van der Waals surface area (Å²) in [5.74, 6) is -0.512. The van der Waals surface area contributed by atoms with E-state index in [2.05, 4.69) is 5.10 Å². The van der Waals surface area contributed by atoms with Gasteiger partial charge in [0.25, 0.3) is 0 Å². The Labute approximate surface area is 101 Å². The minimum Gasteiger partial charge on any atom is -0.455 e. The number of carbonyl (C=O) groups is 1. The maximum absolute atomic E-state index is 11.7. The van der Waals surface area contributed by atoms with Crippen molar-refractivity contribution in [2.45, 2.75) is 33.4 Å². The summed E-state index contributed by atoms with van der Waals surface area (Å²) in [5, 5.41) is 4.04. The number of ether oxygens (including phenoxy) is 2. The first kappa shape index (κ1) is 13.5. The fourth-order valence-electron chi connectivity index (χ4n) is 1.31. The normalized spacial score (nSPS) is 12.4. The van der Waals surface area contributed by atoms with Gasteiger partial charge in [-0.1, -0.05) is 0 Å². The van der Waals surface area contributed by atoms with Crippen LogP contribution in [-0.4, -0.2) is 35.1 Å². The van der Waals surface area contributed by atoms with Gasteiger partial charge in [0.1, 0.15) is 6.10 Å². The van der Waals surface area contributed by atoms with E-state index < -0.39 is 5.97 Å². The summed E-state index contributed by atoms with van der Waals surface area (Å²) in [6, 6.07) is 0. The van der Waals surface area contributed by atoms with Crippen molar-refractivity contribution in [1.82, 2.24) is 9.78 Å². The molecule has 1 heterocycles. The van der Waals surface area contributed by atoms with Crippen LogP contribution in [0.1, 0.15) is 31.3 Å². The van der Waals surface area contributed by atoms with Gasteiger partial charge in [-0.3, -0.25) is 4.68 Å². The van der Waals surface area contributed by atoms with Crippen molar-refractivity contribution in [3.8, 4) is 0 Å². The average Bonchev–Trinajstić information content (AvgIpc) is 2.68. The fourth-order valence-corrected chi connectivity index (χ4v) is 1.31. The lowest BCUT2D eigenvalue weighted by Crippen LogP contribution is -2.21. The van der Waals surface area contributed by atoms with Crippen molar-refractivity contribution in [2.24, 2.45) is 0 Å². The van der Waals surface area contributed by atoms with E-state index in [-0.39, 0.29) is 11.8 Å². The first-order valence-corrected chi connectivity index (χ1v) is 5.70. The first-order chi connectivity index (χ1) is 8.08. The minimum absolute atomic E-state index is 0.162. The molecule has 1 unspecified atom stereocenters. The molecule has 0 aliphatic rings. The standard InChI is InChI=1S/C11H19N3O3/c1-4-14-6-9(12)10(13-14)11(15)17-8(3)7-16-5-2/h6,8H,4-5,7,12H2,1-3H3. The Morgan fingerprint density at radius 3 is 2.82 bits per heavy atom. The summed E-state index contributed by atoms with van der Waals surface area (Å²) in [6.07, 6.45) is 1.30. The van der Waals surface area contributed by atoms with E-state index in [1.165, 1.54) is 0 Å². The summed E-state index contributed by atoms with van der Waals surface area (Å²) >= 11 is 0. The van der Waals surface area contributed by atoms with Gasteiger partial charge >= 0.3 is 5.97 Å². The third kappa shape index (κ3) is 3.74. The molecular weight excluding hydrogens is 222 g/mol. The van der Waals surface area contributed by atoms with E-state index in [0.29, 0.717) is 25.4 Å². The highest BCUT2D eigenvalue weighted by Gasteiger charge is 2.18. The number of rotatable bonds is 6.